The van der Waals surface area contributed by atoms with Gasteiger partial charge in [0.1, 0.15) is 25.1 Å². The lowest BCUT2D eigenvalue weighted by atomic mass is 10.1. The molecule has 1 atom stereocenters. The summed E-state index contributed by atoms with van der Waals surface area (Å²) in [7, 11) is 5.26. The first-order chi connectivity index (χ1) is 21.6. The van der Waals surface area contributed by atoms with Crippen molar-refractivity contribution in [2.75, 3.05) is 54.0 Å². The molecule has 2 aliphatic rings. The summed E-state index contributed by atoms with van der Waals surface area (Å²) in [5, 5.41) is 9.69. The molecule has 0 saturated carbocycles. The first-order valence-electron chi connectivity index (χ1n) is 14.6. The Balaban J connectivity index is 0.000000551. The Morgan fingerprint density at radius 3 is 2.33 bits per heavy atom. The molecule has 13 heteroatoms. The number of rotatable bonds is 10. The highest BCUT2D eigenvalue weighted by atomic mass is 35.5. The maximum absolute atomic E-state index is 13.2. The van der Waals surface area contributed by atoms with Crippen molar-refractivity contribution in [1.29, 1.82) is 0 Å². The Morgan fingerprint density at radius 1 is 1.11 bits per heavy atom. The van der Waals surface area contributed by atoms with E-state index in [1.165, 1.54) is 22.4 Å². The van der Waals surface area contributed by atoms with E-state index in [2.05, 4.69) is 28.9 Å². The van der Waals surface area contributed by atoms with E-state index in [0.717, 1.165) is 29.0 Å². The van der Waals surface area contributed by atoms with E-state index in [1.807, 2.05) is 56.4 Å². The van der Waals surface area contributed by atoms with Crippen LogP contribution in [0, 0.1) is 6.92 Å². The van der Waals surface area contributed by atoms with Gasteiger partial charge in [0, 0.05) is 25.2 Å². The minimum absolute atomic E-state index is 0.0211. The number of piperazine rings is 1. The number of nitrogens with one attached hydrogen (secondary N) is 2. The highest BCUT2D eigenvalue weighted by Gasteiger charge is 2.45. The second-order valence-electron chi connectivity index (χ2n) is 10.3. The molecule has 0 bridgehead atoms. The molecule has 12 nitrogen and oxygen atoms in total. The van der Waals surface area contributed by atoms with Crippen molar-refractivity contribution in [3.8, 4) is 5.75 Å². The molecule has 2 aromatic rings. The molecular formula is C32H45ClN6O6. The third kappa shape index (κ3) is 11.4. The highest BCUT2D eigenvalue weighted by molar-refractivity contribution is 6.31. The average molecular weight is 645 g/mol. The number of halogens is 1. The van der Waals surface area contributed by atoms with Crippen LogP contribution < -0.4 is 15.4 Å². The van der Waals surface area contributed by atoms with Gasteiger partial charge in [-0.1, -0.05) is 55.4 Å². The standard InChI is InChI=1S/C24H28ClN5O4.C4H11N.C4H6O2/c1-16-4-5-18(10-20(16)25)12-28-13-21-29(15-22(28)31)23(32)14-27(2)30(21)24(33)26-11-17-6-8-19(34-3)9-7-17;1-3-4-5-2;1-2-3-6-4-5/h4-10,21H,11-15H2,1-3H3,(H,26,33);5H,3-4H2,1-2H3;2,4H,1,3H2. The summed E-state index contributed by atoms with van der Waals surface area (Å²) in [6.07, 6.45) is 2.14. The topological polar surface area (TPSA) is 124 Å². The van der Waals surface area contributed by atoms with Gasteiger partial charge in [0.25, 0.3) is 6.47 Å². The molecule has 4 amide bonds. The smallest absolute Gasteiger partial charge is 0.334 e. The molecule has 246 valence electrons. The van der Waals surface area contributed by atoms with Crippen molar-refractivity contribution in [1.82, 2.24) is 30.5 Å². The van der Waals surface area contributed by atoms with Gasteiger partial charge in [-0.2, -0.15) is 0 Å². The zero-order valence-electron chi connectivity index (χ0n) is 26.8. The van der Waals surface area contributed by atoms with E-state index in [-0.39, 0.29) is 37.5 Å². The van der Waals surface area contributed by atoms with E-state index in [9.17, 15) is 19.2 Å². The summed E-state index contributed by atoms with van der Waals surface area (Å²) in [5.74, 6) is 0.393. The number of carbonyl (C=O) groups is 4. The molecule has 2 heterocycles. The van der Waals surface area contributed by atoms with Gasteiger partial charge in [-0.3, -0.25) is 14.4 Å². The molecule has 2 N–H and O–H groups in total. The van der Waals surface area contributed by atoms with Gasteiger partial charge in [-0.25, -0.2) is 14.8 Å². The van der Waals surface area contributed by atoms with Crippen LogP contribution >= 0.6 is 11.6 Å². The molecule has 2 aliphatic heterocycles. The zero-order chi connectivity index (χ0) is 33.4. The second kappa shape index (κ2) is 19.3. The number of likely N-dealkylation sites (N-methyl/N-ethyl adjacent to an activating group) is 1. The lowest BCUT2D eigenvalue weighted by Gasteiger charge is -2.51. The normalized spacial score (nSPS) is 16.0. The number of carbonyl (C=O) groups excluding carboxylic acids is 4. The molecule has 4 rings (SSSR count). The number of hydrogen-bond acceptors (Lipinski definition) is 8. The van der Waals surface area contributed by atoms with Crippen LogP contribution in [0.15, 0.2) is 55.1 Å². The van der Waals surface area contributed by atoms with Crippen molar-refractivity contribution in [2.24, 2.45) is 0 Å². The molecule has 0 aliphatic carbocycles. The average Bonchev–Trinajstić information content (AvgIpc) is 3.03. The number of hydrogen-bond donors (Lipinski definition) is 2. The Hall–Kier alpha value is -4.13. The summed E-state index contributed by atoms with van der Waals surface area (Å²) in [6, 6.07) is 12.8. The van der Waals surface area contributed by atoms with Gasteiger partial charge in [0.05, 0.1) is 20.2 Å². The van der Waals surface area contributed by atoms with Gasteiger partial charge < -0.3 is 29.9 Å². The molecule has 1 unspecified atom stereocenters. The van der Waals surface area contributed by atoms with Crippen LogP contribution in [0.25, 0.3) is 0 Å². The van der Waals surface area contributed by atoms with E-state index in [0.29, 0.717) is 31.2 Å². The minimum atomic E-state index is -0.597. The van der Waals surface area contributed by atoms with Crippen molar-refractivity contribution in [3.63, 3.8) is 0 Å². The number of ether oxygens (including phenoxy) is 2. The number of fused-ring (bicyclic) bond motifs is 1. The number of nitrogens with zero attached hydrogens (tertiary/aromatic N) is 4. The predicted octanol–water partition coefficient (Wildman–Crippen LogP) is 3.19. The Labute approximate surface area is 270 Å². The molecule has 2 saturated heterocycles. The number of methoxy groups -OCH3 is 1. The highest BCUT2D eigenvalue weighted by Crippen LogP contribution is 2.24. The fourth-order valence-corrected chi connectivity index (χ4v) is 4.76. The van der Waals surface area contributed by atoms with Crippen LogP contribution in [0.1, 0.15) is 30.0 Å². The largest absolute Gasteiger partial charge is 0.497 e. The predicted molar refractivity (Wildman–Crippen MR) is 173 cm³/mol. The number of amides is 4. The third-order valence-corrected chi connectivity index (χ3v) is 7.35. The van der Waals surface area contributed by atoms with Crippen LogP contribution in [-0.4, -0.2) is 104 Å². The van der Waals surface area contributed by atoms with Gasteiger partial charge in [0.15, 0.2) is 0 Å². The van der Waals surface area contributed by atoms with Crippen LogP contribution in [0.2, 0.25) is 5.02 Å². The molecule has 0 aromatic heterocycles. The van der Waals surface area contributed by atoms with Crippen LogP contribution in [-0.2, 0) is 32.2 Å². The zero-order valence-corrected chi connectivity index (χ0v) is 27.5. The first kappa shape index (κ1) is 37.1. The van der Waals surface area contributed by atoms with Crippen molar-refractivity contribution >= 4 is 35.9 Å². The van der Waals surface area contributed by atoms with E-state index in [1.54, 1.807) is 24.1 Å². The summed E-state index contributed by atoms with van der Waals surface area (Å²) in [6.45, 7) is 10.0. The van der Waals surface area contributed by atoms with E-state index >= 15 is 0 Å². The maximum Gasteiger partial charge on any atom is 0.334 e. The maximum atomic E-state index is 13.2. The van der Waals surface area contributed by atoms with Crippen LogP contribution in [0.5, 0.6) is 5.75 Å². The Bertz CT molecular complexity index is 1270. The lowest BCUT2D eigenvalue weighted by Crippen LogP contribution is -2.73. The molecule has 45 heavy (non-hydrogen) atoms. The second-order valence-corrected chi connectivity index (χ2v) is 10.8. The molecule has 2 aromatic carbocycles. The van der Waals surface area contributed by atoms with Crippen molar-refractivity contribution in [3.05, 3.63) is 76.8 Å². The number of hydrazine groups is 1. The van der Waals surface area contributed by atoms with Gasteiger partial charge >= 0.3 is 6.03 Å². The summed E-state index contributed by atoms with van der Waals surface area (Å²) in [4.78, 5) is 51.1. The summed E-state index contributed by atoms with van der Waals surface area (Å²) in [5.41, 5.74) is 2.77. The molecule has 0 radical (unpaired) electrons. The van der Waals surface area contributed by atoms with Gasteiger partial charge in [-0.15, -0.1) is 0 Å². The SMILES string of the molecule is C=CCOC=O.CCCNC.COc1ccc(CNC(=O)N2C3CN(Cc4ccc(C)c(Cl)c4)C(=O)CN3C(=O)CN2C)cc1. The minimum Gasteiger partial charge on any atom is -0.497 e. The molecular weight excluding hydrogens is 600 g/mol. The van der Waals surface area contributed by atoms with Crippen molar-refractivity contribution < 1.29 is 28.7 Å². The lowest BCUT2D eigenvalue weighted by molar-refractivity contribution is -0.178. The monoisotopic (exact) mass is 644 g/mol. The van der Waals surface area contributed by atoms with Crippen LogP contribution in [0.4, 0.5) is 4.79 Å². The Morgan fingerprint density at radius 2 is 1.80 bits per heavy atom. The molecule has 2 fully saturated rings. The fourth-order valence-electron chi connectivity index (χ4n) is 4.56. The van der Waals surface area contributed by atoms with Gasteiger partial charge in [0.2, 0.25) is 11.8 Å². The van der Waals surface area contributed by atoms with E-state index in [4.69, 9.17) is 16.3 Å². The van der Waals surface area contributed by atoms with Crippen LogP contribution in [0.3, 0.4) is 0 Å². The van der Waals surface area contributed by atoms with Crippen molar-refractivity contribution in [2.45, 2.75) is 39.5 Å². The summed E-state index contributed by atoms with van der Waals surface area (Å²) >= 11 is 6.25. The molecule has 0 spiro atoms. The third-order valence-electron chi connectivity index (χ3n) is 6.94. The first-order valence-corrected chi connectivity index (χ1v) is 15.0. The van der Waals surface area contributed by atoms with Gasteiger partial charge in [-0.05, 0) is 61.8 Å². The number of aryl methyl sites for hydroxylation is 1. The fraction of sp³-hybridized carbons (Fsp3) is 0.438. The Kier molecular flexibility index (Phi) is 15.9. The number of urea groups is 1. The number of benzene rings is 2. The quantitative estimate of drug-likeness (QED) is 0.230. The van der Waals surface area contributed by atoms with E-state index < -0.39 is 6.17 Å². The summed E-state index contributed by atoms with van der Waals surface area (Å²) < 4.78 is 9.35.